The van der Waals surface area contributed by atoms with Gasteiger partial charge in [-0.3, -0.25) is 14.9 Å². The Hall–Kier alpha value is -3.09. The van der Waals surface area contributed by atoms with E-state index in [-0.39, 0.29) is 18.0 Å². The van der Waals surface area contributed by atoms with Crippen molar-refractivity contribution >= 4 is 17.3 Å². The third-order valence-electron chi connectivity index (χ3n) is 4.57. The first-order chi connectivity index (χ1) is 12.6. The van der Waals surface area contributed by atoms with E-state index in [0.717, 1.165) is 30.1 Å². The molecule has 0 aliphatic carbocycles. The molecule has 2 aromatic rings. The summed E-state index contributed by atoms with van der Waals surface area (Å²) in [4.78, 5) is 26.8. The predicted octanol–water partition coefficient (Wildman–Crippen LogP) is 2.49. The maximum absolute atomic E-state index is 12.5. The molecule has 26 heavy (non-hydrogen) atoms. The minimum absolute atomic E-state index is 0.0364. The fourth-order valence-electron chi connectivity index (χ4n) is 3.03. The summed E-state index contributed by atoms with van der Waals surface area (Å²) in [5, 5.41) is 10.7. The summed E-state index contributed by atoms with van der Waals surface area (Å²) in [6.07, 6.45) is 0.264. The second-order valence-corrected chi connectivity index (χ2v) is 6.17. The molecule has 2 aromatic carbocycles. The Morgan fingerprint density at radius 2 is 1.65 bits per heavy atom. The van der Waals surface area contributed by atoms with Gasteiger partial charge in [0.15, 0.2) is 0 Å². The van der Waals surface area contributed by atoms with E-state index in [0.29, 0.717) is 13.1 Å². The average Bonchev–Trinajstić information content (AvgIpc) is 2.68. The smallest absolute Gasteiger partial charge is 0.269 e. The highest BCUT2D eigenvalue weighted by Crippen LogP contribution is 2.21. The number of carbonyl (C=O) groups excluding carboxylic acids is 1. The fraction of sp³-hybridized carbons (Fsp3) is 0.316. The molecular weight excluding hydrogens is 334 g/mol. The number of amides is 1. The molecule has 7 nitrogen and oxygen atoms in total. The lowest BCUT2D eigenvalue weighted by Gasteiger charge is -2.36. The highest BCUT2D eigenvalue weighted by Gasteiger charge is 2.21. The van der Waals surface area contributed by atoms with Crippen LogP contribution in [0.4, 0.5) is 11.4 Å². The number of hydrogen-bond acceptors (Lipinski definition) is 5. The zero-order valence-electron chi connectivity index (χ0n) is 14.6. The van der Waals surface area contributed by atoms with E-state index < -0.39 is 4.92 Å². The van der Waals surface area contributed by atoms with Gasteiger partial charge in [-0.15, -0.1) is 0 Å². The van der Waals surface area contributed by atoms with Crippen molar-refractivity contribution in [1.29, 1.82) is 0 Å². The van der Waals surface area contributed by atoms with Crippen LogP contribution in [0.1, 0.15) is 5.56 Å². The summed E-state index contributed by atoms with van der Waals surface area (Å²) >= 11 is 0. The van der Waals surface area contributed by atoms with Crippen molar-refractivity contribution in [1.82, 2.24) is 4.90 Å². The Morgan fingerprint density at radius 1 is 1.04 bits per heavy atom. The van der Waals surface area contributed by atoms with E-state index in [2.05, 4.69) is 4.90 Å². The van der Waals surface area contributed by atoms with Gasteiger partial charge < -0.3 is 14.5 Å². The van der Waals surface area contributed by atoms with E-state index in [9.17, 15) is 14.9 Å². The number of rotatable bonds is 5. The van der Waals surface area contributed by atoms with Crippen LogP contribution in [0, 0.1) is 10.1 Å². The largest absolute Gasteiger partial charge is 0.497 e. The van der Waals surface area contributed by atoms with E-state index in [1.807, 2.05) is 29.2 Å². The maximum atomic E-state index is 12.5. The summed E-state index contributed by atoms with van der Waals surface area (Å²) in [6, 6.07) is 14.1. The van der Waals surface area contributed by atoms with Crippen LogP contribution < -0.4 is 9.64 Å². The zero-order chi connectivity index (χ0) is 18.5. The standard InChI is InChI=1S/C19H21N3O4/c1-26-18-8-6-16(7-9-18)20-10-12-21(13-11-20)19(23)14-15-2-4-17(5-3-15)22(24)25/h2-9H,10-14H2,1H3. The Balaban J connectivity index is 1.53. The van der Waals surface area contributed by atoms with E-state index in [1.165, 1.54) is 12.1 Å². The molecule has 1 amide bonds. The van der Waals surface area contributed by atoms with Crippen molar-refractivity contribution in [2.45, 2.75) is 6.42 Å². The van der Waals surface area contributed by atoms with Crippen LogP contribution in [0.2, 0.25) is 0 Å². The van der Waals surface area contributed by atoms with Crippen LogP contribution in [-0.4, -0.2) is 49.0 Å². The summed E-state index contributed by atoms with van der Waals surface area (Å²) in [6.45, 7) is 2.88. The van der Waals surface area contributed by atoms with Crippen LogP contribution in [0.25, 0.3) is 0 Å². The zero-order valence-corrected chi connectivity index (χ0v) is 14.6. The van der Waals surface area contributed by atoms with Crippen molar-refractivity contribution in [2.75, 3.05) is 38.2 Å². The van der Waals surface area contributed by atoms with Crippen LogP contribution in [0.15, 0.2) is 48.5 Å². The number of benzene rings is 2. The molecule has 0 radical (unpaired) electrons. The van der Waals surface area contributed by atoms with Gasteiger partial charge in [-0.05, 0) is 29.8 Å². The molecule has 0 unspecified atom stereocenters. The van der Waals surface area contributed by atoms with Crippen molar-refractivity contribution in [2.24, 2.45) is 0 Å². The highest BCUT2D eigenvalue weighted by atomic mass is 16.6. The van der Waals surface area contributed by atoms with Gasteiger partial charge in [0, 0.05) is 44.0 Å². The van der Waals surface area contributed by atoms with Gasteiger partial charge >= 0.3 is 0 Å². The molecule has 7 heteroatoms. The minimum Gasteiger partial charge on any atom is -0.497 e. The Morgan fingerprint density at radius 3 is 2.19 bits per heavy atom. The van der Waals surface area contributed by atoms with Gasteiger partial charge in [0.05, 0.1) is 18.5 Å². The van der Waals surface area contributed by atoms with Gasteiger partial charge in [0.1, 0.15) is 5.75 Å². The van der Waals surface area contributed by atoms with Gasteiger partial charge in [0.2, 0.25) is 5.91 Å². The van der Waals surface area contributed by atoms with Crippen LogP contribution in [-0.2, 0) is 11.2 Å². The first-order valence-corrected chi connectivity index (χ1v) is 8.47. The van der Waals surface area contributed by atoms with Crippen LogP contribution in [0.5, 0.6) is 5.75 Å². The fourth-order valence-corrected chi connectivity index (χ4v) is 3.03. The molecule has 136 valence electrons. The Bertz CT molecular complexity index is 766. The highest BCUT2D eigenvalue weighted by molar-refractivity contribution is 5.79. The molecule has 1 heterocycles. The quantitative estimate of drug-likeness (QED) is 0.608. The number of methoxy groups -OCH3 is 1. The number of nitrogens with zero attached hydrogens (tertiary/aromatic N) is 3. The topological polar surface area (TPSA) is 75.9 Å². The molecule has 0 aromatic heterocycles. The molecule has 0 spiro atoms. The first kappa shape index (κ1) is 17.7. The minimum atomic E-state index is -0.440. The lowest BCUT2D eigenvalue weighted by atomic mass is 10.1. The van der Waals surface area contributed by atoms with E-state index in [4.69, 9.17) is 4.74 Å². The Kier molecular flexibility index (Phi) is 5.36. The number of carbonyl (C=O) groups is 1. The molecule has 0 atom stereocenters. The molecule has 0 saturated carbocycles. The number of non-ortho nitro benzene ring substituents is 1. The number of hydrogen-bond donors (Lipinski definition) is 0. The average molecular weight is 355 g/mol. The first-order valence-electron chi connectivity index (χ1n) is 8.47. The molecule has 1 fully saturated rings. The lowest BCUT2D eigenvalue weighted by Crippen LogP contribution is -2.49. The predicted molar refractivity (Wildman–Crippen MR) is 98.6 cm³/mol. The summed E-state index contributed by atoms with van der Waals surface area (Å²) in [5.41, 5.74) is 1.95. The van der Waals surface area contributed by atoms with Crippen molar-refractivity contribution in [3.05, 3.63) is 64.2 Å². The third kappa shape index (κ3) is 4.11. The lowest BCUT2D eigenvalue weighted by molar-refractivity contribution is -0.384. The normalized spacial score (nSPS) is 14.2. The van der Waals surface area contributed by atoms with Crippen molar-refractivity contribution in [3.8, 4) is 5.75 Å². The van der Waals surface area contributed by atoms with Crippen LogP contribution in [0.3, 0.4) is 0 Å². The molecule has 0 bridgehead atoms. The SMILES string of the molecule is COc1ccc(N2CCN(C(=O)Cc3ccc([N+](=O)[O-])cc3)CC2)cc1. The van der Waals surface area contributed by atoms with Crippen LogP contribution >= 0.6 is 0 Å². The van der Waals surface area contributed by atoms with Gasteiger partial charge in [-0.1, -0.05) is 12.1 Å². The number of nitro benzene ring substituents is 1. The van der Waals surface area contributed by atoms with Gasteiger partial charge in [0.25, 0.3) is 5.69 Å². The maximum Gasteiger partial charge on any atom is 0.269 e. The number of anilines is 1. The second-order valence-electron chi connectivity index (χ2n) is 6.17. The molecule has 1 saturated heterocycles. The van der Waals surface area contributed by atoms with E-state index in [1.54, 1.807) is 19.2 Å². The number of piperazine rings is 1. The molecular formula is C19H21N3O4. The summed E-state index contributed by atoms with van der Waals surface area (Å²) < 4.78 is 5.17. The Labute approximate surface area is 151 Å². The molecule has 3 rings (SSSR count). The van der Waals surface area contributed by atoms with Crippen molar-refractivity contribution < 1.29 is 14.5 Å². The molecule has 1 aliphatic heterocycles. The molecule has 1 aliphatic rings. The monoisotopic (exact) mass is 355 g/mol. The number of ether oxygens (including phenoxy) is 1. The molecule has 0 N–H and O–H groups in total. The van der Waals surface area contributed by atoms with Crippen molar-refractivity contribution in [3.63, 3.8) is 0 Å². The summed E-state index contributed by atoms with van der Waals surface area (Å²) in [5.74, 6) is 0.874. The summed E-state index contributed by atoms with van der Waals surface area (Å²) in [7, 11) is 1.64. The van der Waals surface area contributed by atoms with Gasteiger partial charge in [-0.2, -0.15) is 0 Å². The number of nitro groups is 1. The van der Waals surface area contributed by atoms with E-state index >= 15 is 0 Å². The van der Waals surface area contributed by atoms with Gasteiger partial charge in [-0.25, -0.2) is 0 Å². The second kappa shape index (κ2) is 7.86. The third-order valence-corrected chi connectivity index (χ3v) is 4.57.